The van der Waals surface area contributed by atoms with E-state index in [0.717, 1.165) is 58.3 Å². The lowest BCUT2D eigenvalue weighted by Crippen LogP contribution is -2.58. The Kier molecular flexibility index (Phi) is 15.8. The van der Waals surface area contributed by atoms with Gasteiger partial charge in [-0.3, -0.25) is 25.0 Å². The molecule has 6 aliphatic heterocycles. The van der Waals surface area contributed by atoms with Gasteiger partial charge >= 0.3 is 48.8 Å². The van der Waals surface area contributed by atoms with E-state index in [9.17, 15) is 86.2 Å². The van der Waals surface area contributed by atoms with Crippen molar-refractivity contribution < 1.29 is 94.5 Å². The largest absolute Gasteiger partial charge is 0.417 e. The maximum Gasteiger partial charge on any atom is 0.417 e. The maximum absolute atomic E-state index is 13.2. The van der Waals surface area contributed by atoms with E-state index in [4.69, 9.17) is 54.6 Å². The first-order chi connectivity index (χ1) is 43.5. The van der Waals surface area contributed by atoms with Crippen LogP contribution >= 0.6 is 46.4 Å². The molecule has 6 atom stereocenters. The molecule has 33 heteroatoms. The minimum absolute atomic E-state index is 0.0132. The summed E-state index contributed by atoms with van der Waals surface area (Å²) >= 11 is 22.5. The standard InChI is InChI=1S/2C18H18ClF3N4O3.C10H7ClF3NO.C10H9ClF3N/c2*1-8-11-5-12(18(20,21)22)13(19)4-9(11)6-26(8)16(29)23-7-17(10-2-3-10)14(27)24-15(28)25-17;1-4-5-2-7(10(12,13)14)8(11)3-6(5)9(16)15-4;1-5-7-3-8(10(12,13)14)9(11)2-6(7)4-15-5/h2*4-5,8,10H,2-3,6-7H2,1H3,(H,23,29)(H2,24,25,27,28);2-4H,1H3,(H,15,16);2-3,5,15H,4H2,1H3/t2*8?,17-;;/m00../s1/i2*6D2;;4D2. The number of carbonyl (C=O) groups is 7. The van der Waals surface area contributed by atoms with E-state index >= 15 is 0 Å². The fourth-order valence-corrected chi connectivity index (χ4v) is 11.9. The summed E-state index contributed by atoms with van der Waals surface area (Å²) in [6.07, 6.45) is -15.8. The van der Waals surface area contributed by atoms with Crippen molar-refractivity contribution in [1.82, 2.24) is 52.3 Å². The smallest absolute Gasteiger partial charge is 0.345 e. The Balaban J connectivity index is 0.000000155. The summed E-state index contributed by atoms with van der Waals surface area (Å²) in [6.45, 7) is -1.26. The Hall–Kier alpha value is -6.95. The summed E-state index contributed by atoms with van der Waals surface area (Å²) in [4.78, 5) is 86.6. The first-order valence-corrected chi connectivity index (χ1v) is 28.2. The predicted molar refractivity (Wildman–Crippen MR) is 296 cm³/mol. The molecule has 8 aliphatic rings. The fourth-order valence-electron chi connectivity index (χ4n) is 10.8. The summed E-state index contributed by atoms with van der Waals surface area (Å²) in [7, 11) is 0. The van der Waals surface area contributed by atoms with Crippen molar-refractivity contribution in [1.29, 1.82) is 0 Å². The Morgan fingerprint density at radius 2 is 0.876 bits per heavy atom. The van der Waals surface area contributed by atoms with Gasteiger partial charge in [0.15, 0.2) is 0 Å². The minimum atomic E-state index is -4.74. The second kappa shape index (κ2) is 24.0. The third-order valence-corrected chi connectivity index (χ3v) is 17.1. The number of benzene rings is 4. The van der Waals surface area contributed by atoms with Crippen LogP contribution in [-0.4, -0.2) is 75.8 Å². The van der Waals surface area contributed by atoms with Gasteiger partial charge in [-0.05, 0) is 153 Å². The molecule has 4 fully saturated rings. The Labute approximate surface area is 526 Å². The van der Waals surface area contributed by atoms with E-state index < -0.39 is 164 Å². The van der Waals surface area contributed by atoms with E-state index in [1.165, 1.54) is 13.8 Å². The molecule has 2 aliphatic carbocycles. The number of rotatable bonds is 6. The molecule has 0 radical (unpaired) electrons. The molecule has 12 rings (SSSR count). The third kappa shape index (κ3) is 13.5. The van der Waals surface area contributed by atoms with Crippen molar-refractivity contribution in [2.45, 2.75) is 133 Å². The SMILES string of the molecule is CC1NC(=O)c2cc(Cl)c(C(F)(F)F)cc21.[2H]C1([2H])NC(C)c2cc(C(F)(F)F)c(Cl)cc21.[2H]C1([2H])c2cc(Cl)c(C(F)(F)F)cc2C(C)N1C(=O)NC[C@@]1(C2CC2)NC(=O)NC1=O.[2H]C1([2H])c2cc(Cl)c(C(F)(F)F)cc2C(C)N1C(=O)NC[C@@]1(C2CC2)NC(=O)NC1=O. The first kappa shape index (κ1) is 58.4. The number of hydrogen-bond donors (Lipinski definition) is 8. The Morgan fingerprint density at radius 1 is 0.528 bits per heavy atom. The molecule has 4 aromatic rings. The molecule has 11 amide bonds. The Bertz CT molecular complexity index is 3750. The van der Waals surface area contributed by atoms with Crippen LogP contribution in [-0.2, 0) is 53.8 Å². The van der Waals surface area contributed by atoms with Crippen molar-refractivity contribution in [2.24, 2.45) is 11.8 Å². The summed E-state index contributed by atoms with van der Waals surface area (Å²) in [6, 6.07) is 1.08. The molecule has 8 N–H and O–H groups in total. The highest BCUT2D eigenvalue weighted by atomic mass is 35.5. The van der Waals surface area contributed by atoms with Crippen LogP contribution in [0.4, 0.5) is 71.9 Å². The molecular weight excluding hydrogens is 1290 g/mol. The van der Waals surface area contributed by atoms with Gasteiger partial charge in [-0.2, -0.15) is 52.7 Å². The van der Waals surface area contributed by atoms with Crippen molar-refractivity contribution in [3.8, 4) is 0 Å². The van der Waals surface area contributed by atoms with Crippen LogP contribution in [0.5, 0.6) is 0 Å². The van der Waals surface area contributed by atoms with Crippen LogP contribution in [0.25, 0.3) is 0 Å². The molecule has 89 heavy (non-hydrogen) atoms. The van der Waals surface area contributed by atoms with Crippen molar-refractivity contribution in [2.75, 3.05) is 13.1 Å². The molecule has 0 spiro atoms. The third-order valence-electron chi connectivity index (χ3n) is 15.8. The van der Waals surface area contributed by atoms with E-state index in [-0.39, 0.29) is 58.3 Å². The summed E-state index contributed by atoms with van der Waals surface area (Å²) < 4.78 is 204. The lowest BCUT2D eigenvalue weighted by molar-refractivity contribution is -0.138. The zero-order valence-corrected chi connectivity index (χ0v) is 49.1. The van der Waals surface area contributed by atoms with Gasteiger partial charge in [-0.15, -0.1) is 0 Å². The molecule has 0 aromatic heterocycles. The summed E-state index contributed by atoms with van der Waals surface area (Å²) in [5.41, 5.74) is -6.02. The van der Waals surface area contributed by atoms with Gasteiger partial charge in [0.2, 0.25) is 0 Å². The number of imide groups is 2. The van der Waals surface area contributed by atoms with Crippen LogP contribution < -0.4 is 42.5 Å². The topological polar surface area (TPSA) is 222 Å². The molecule has 0 bridgehead atoms. The normalized spacial score (nSPS) is 26.8. The van der Waals surface area contributed by atoms with Gasteiger partial charge in [0, 0.05) is 33.8 Å². The van der Waals surface area contributed by atoms with Crippen molar-refractivity contribution in [3.05, 3.63) is 135 Å². The van der Waals surface area contributed by atoms with Crippen LogP contribution in [0, 0.1) is 11.8 Å². The number of nitrogens with zero attached hydrogens (tertiary/aromatic N) is 2. The van der Waals surface area contributed by atoms with E-state index in [2.05, 4.69) is 42.5 Å². The van der Waals surface area contributed by atoms with Gasteiger partial charge in [-0.1, -0.05) is 46.4 Å². The predicted octanol–water partition coefficient (Wildman–Crippen LogP) is 12.6. The zero-order chi connectivity index (χ0) is 71.0. The summed E-state index contributed by atoms with van der Waals surface area (Å²) in [5, 5.41) is 17.1. The number of halogens is 16. The van der Waals surface area contributed by atoms with Gasteiger partial charge in [-0.25, -0.2) is 19.2 Å². The quantitative estimate of drug-likeness (QED) is 0.0684. The van der Waals surface area contributed by atoms with E-state index in [1.54, 1.807) is 13.8 Å². The highest BCUT2D eigenvalue weighted by Crippen LogP contribution is 2.47. The van der Waals surface area contributed by atoms with Crippen LogP contribution in [0.3, 0.4) is 0 Å². The number of hydrogen-bond acceptors (Lipinski definition) is 8. The van der Waals surface area contributed by atoms with Gasteiger partial charge in [0.05, 0.1) is 79.0 Å². The molecule has 17 nitrogen and oxygen atoms in total. The summed E-state index contributed by atoms with van der Waals surface area (Å²) in [5.74, 6) is -1.89. The average Bonchev–Trinajstić information content (AvgIpc) is 1.57. The van der Waals surface area contributed by atoms with Crippen LogP contribution in [0.15, 0.2) is 48.5 Å². The monoisotopic (exact) mass is 1350 g/mol. The first-order valence-electron chi connectivity index (χ1n) is 29.6. The number of nitrogens with one attached hydrogen (secondary N) is 8. The lowest BCUT2D eigenvalue weighted by atomic mass is 9.93. The number of amides is 11. The Morgan fingerprint density at radius 3 is 1.22 bits per heavy atom. The minimum Gasteiger partial charge on any atom is -0.345 e. The van der Waals surface area contributed by atoms with E-state index in [1.807, 2.05) is 0 Å². The average molecular weight is 1350 g/mol. The second-order valence-corrected chi connectivity index (χ2v) is 23.4. The van der Waals surface area contributed by atoms with Crippen LogP contribution in [0.1, 0.15) is 157 Å². The highest BCUT2D eigenvalue weighted by Gasteiger charge is 2.58. The molecule has 6 heterocycles. The number of alkyl halides is 12. The molecule has 4 unspecified atom stereocenters. The molecule has 4 aromatic carbocycles. The van der Waals surface area contributed by atoms with Crippen molar-refractivity contribution >= 4 is 88.2 Å². The van der Waals surface area contributed by atoms with Crippen LogP contribution in [0.2, 0.25) is 20.1 Å². The molecule has 2 saturated carbocycles. The molecular formula is C56H52Cl4F12N10O7. The van der Waals surface area contributed by atoms with Gasteiger partial charge in [0.1, 0.15) is 11.1 Å². The van der Waals surface area contributed by atoms with Crippen molar-refractivity contribution in [3.63, 3.8) is 0 Å². The highest BCUT2D eigenvalue weighted by molar-refractivity contribution is 6.32. The van der Waals surface area contributed by atoms with E-state index in [0.29, 0.717) is 36.8 Å². The fraction of sp³-hybridized carbons (Fsp3) is 0.446. The van der Waals surface area contributed by atoms with Gasteiger partial charge < -0.3 is 41.7 Å². The zero-order valence-electron chi connectivity index (χ0n) is 52.1. The molecule has 480 valence electrons. The number of urea groups is 4. The second-order valence-electron chi connectivity index (χ2n) is 21.8. The lowest BCUT2D eigenvalue weighted by Gasteiger charge is -2.29. The van der Waals surface area contributed by atoms with Gasteiger partial charge in [0.25, 0.3) is 17.7 Å². The number of fused-ring (bicyclic) bond motifs is 4. The molecule has 2 saturated heterocycles. The maximum atomic E-state index is 13.2. The number of carbonyl (C=O) groups excluding carboxylic acids is 7.